The highest BCUT2D eigenvalue weighted by atomic mass is 35.5. The zero-order valence-electron chi connectivity index (χ0n) is 25.9. The van der Waals surface area contributed by atoms with E-state index in [1.165, 1.54) is 25.3 Å². The van der Waals surface area contributed by atoms with Crippen LogP contribution in [0, 0.1) is 5.82 Å². The van der Waals surface area contributed by atoms with Crippen molar-refractivity contribution in [2.45, 2.75) is 52.7 Å². The number of hydrogen-bond acceptors (Lipinski definition) is 8. The molecule has 0 radical (unpaired) electrons. The lowest BCUT2D eigenvalue weighted by Gasteiger charge is -2.27. The van der Waals surface area contributed by atoms with E-state index >= 15 is 0 Å². The number of benzene rings is 2. The van der Waals surface area contributed by atoms with Crippen molar-refractivity contribution in [2.24, 2.45) is 5.73 Å². The molecular weight excluding hydrogens is 577 g/mol. The van der Waals surface area contributed by atoms with Crippen LogP contribution in [0.4, 0.5) is 4.39 Å². The molecule has 1 unspecified atom stereocenters. The van der Waals surface area contributed by atoms with Crippen LogP contribution in [-0.4, -0.2) is 61.6 Å². The molecular formula is C32H45ClFN3O6. The highest BCUT2D eigenvalue weighted by Crippen LogP contribution is 2.29. The number of nitrogens with two attached hydrogens (primary N) is 1. The molecule has 1 amide bonds. The maximum atomic E-state index is 13.6. The smallest absolute Gasteiger partial charge is 0.251 e. The van der Waals surface area contributed by atoms with Crippen LogP contribution in [0.1, 0.15) is 67.0 Å². The molecule has 9 nitrogen and oxygen atoms in total. The topological polar surface area (TPSA) is 136 Å². The number of nitrogens with one attached hydrogen (secondary N) is 1. The molecule has 0 aliphatic rings. The van der Waals surface area contributed by atoms with Crippen LogP contribution in [0.25, 0.3) is 0 Å². The third-order valence-corrected chi connectivity index (χ3v) is 6.36. The van der Waals surface area contributed by atoms with Crippen molar-refractivity contribution in [1.82, 2.24) is 10.3 Å². The largest absolute Gasteiger partial charge is 0.493 e. The second-order valence-corrected chi connectivity index (χ2v) is 9.28. The van der Waals surface area contributed by atoms with Gasteiger partial charge in [0.2, 0.25) is 0 Å². The average Bonchev–Trinajstić information content (AvgIpc) is 3.04. The van der Waals surface area contributed by atoms with Crippen LogP contribution in [0.15, 0.2) is 48.5 Å². The van der Waals surface area contributed by atoms with Gasteiger partial charge in [-0.25, -0.2) is 4.39 Å². The van der Waals surface area contributed by atoms with Crippen LogP contribution in [-0.2, 0) is 23.4 Å². The number of hydrogen-bond donors (Lipinski definition) is 4. The van der Waals surface area contributed by atoms with Gasteiger partial charge in [0.15, 0.2) is 11.5 Å². The highest BCUT2D eigenvalue weighted by Gasteiger charge is 2.31. The number of methoxy groups -OCH3 is 2. The third-order valence-electron chi connectivity index (χ3n) is 6.07. The molecule has 1 aromatic heterocycles. The molecule has 3 aromatic rings. The Kier molecular flexibility index (Phi) is 17.4. The molecule has 2 aromatic carbocycles. The van der Waals surface area contributed by atoms with E-state index in [-0.39, 0.29) is 42.6 Å². The van der Waals surface area contributed by atoms with E-state index < -0.39 is 17.3 Å². The summed E-state index contributed by atoms with van der Waals surface area (Å²) in [5, 5.41) is 23.0. The summed E-state index contributed by atoms with van der Waals surface area (Å²) in [5.74, 6) is -0.180. The number of amides is 1. The Hall–Kier alpha value is -3.28. The van der Waals surface area contributed by atoms with Crippen LogP contribution >= 0.6 is 11.6 Å². The molecule has 0 spiro atoms. The van der Waals surface area contributed by atoms with Gasteiger partial charge in [0.25, 0.3) is 5.91 Å². The van der Waals surface area contributed by atoms with Gasteiger partial charge in [0.1, 0.15) is 11.4 Å². The molecule has 1 atom stereocenters. The summed E-state index contributed by atoms with van der Waals surface area (Å²) in [5.41, 5.74) is 6.92. The lowest BCUT2D eigenvalue weighted by atomic mass is 9.96. The minimum absolute atomic E-state index is 0.000457. The van der Waals surface area contributed by atoms with E-state index in [4.69, 9.17) is 36.7 Å². The van der Waals surface area contributed by atoms with Gasteiger partial charge >= 0.3 is 0 Å². The van der Waals surface area contributed by atoms with Gasteiger partial charge in [-0.3, -0.25) is 9.78 Å². The molecule has 0 bridgehead atoms. The summed E-state index contributed by atoms with van der Waals surface area (Å²) in [6.45, 7) is 8.15. The first-order chi connectivity index (χ1) is 20.7. The molecule has 0 aliphatic heterocycles. The van der Waals surface area contributed by atoms with Crippen LogP contribution in [0.5, 0.6) is 11.5 Å². The van der Waals surface area contributed by atoms with Crippen LogP contribution < -0.4 is 20.5 Å². The van der Waals surface area contributed by atoms with Gasteiger partial charge in [0.05, 0.1) is 43.3 Å². The fraction of sp³-hybridized carbons (Fsp3) is 0.438. The molecule has 3 rings (SSSR count). The minimum Gasteiger partial charge on any atom is -0.493 e. The van der Waals surface area contributed by atoms with E-state index in [1.54, 1.807) is 37.4 Å². The van der Waals surface area contributed by atoms with Crippen LogP contribution in [0.3, 0.4) is 0 Å². The maximum Gasteiger partial charge on any atom is 0.251 e. The first kappa shape index (κ1) is 37.7. The maximum absolute atomic E-state index is 13.6. The lowest BCUT2D eigenvalue weighted by Crippen LogP contribution is -2.46. The Labute approximate surface area is 259 Å². The fourth-order valence-corrected chi connectivity index (χ4v) is 4.05. The predicted octanol–water partition coefficient (Wildman–Crippen LogP) is 5.01. The average molecular weight is 622 g/mol. The van der Waals surface area contributed by atoms with Crippen molar-refractivity contribution in [3.8, 4) is 11.5 Å². The number of pyridine rings is 1. The summed E-state index contributed by atoms with van der Waals surface area (Å²) in [6.07, 6.45) is 0.773. The molecule has 238 valence electrons. The molecule has 11 heteroatoms. The van der Waals surface area contributed by atoms with Crippen molar-refractivity contribution in [1.29, 1.82) is 0 Å². The molecule has 0 saturated carbocycles. The van der Waals surface area contributed by atoms with Crippen molar-refractivity contribution >= 4 is 17.5 Å². The lowest BCUT2D eigenvalue weighted by molar-refractivity contribution is 0.0392. The second kappa shape index (κ2) is 19.8. The zero-order chi connectivity index (χ0) is 32.4. The second-order valence-electron chi connectivity index (χ2n) is 8.87. The van der Waals surface area contributed by atoms with Crippen molar-refractivity contribution in [2.75, 3.05) is 40.5 Å². The summed E-state index contributed by atoms with van der Waals surface area (Å²) >= 11 is 5.94. The van der Waals surface area contributed by atoms with E-state index in [0.717, 1.165) is 11.1 Å². The fourth-order valence-electron chi connectivity index (χ4n) is 3.84. The quantitative estimate of drug-likeness (QED) is 0.185. The molecule has 5 N–H and O–H groups in total. The Morgan fingerprint density at radius 2 is 1.79 bits per heavy atom. The zero-order valence-corrected chi connectivity index (χ0v) is 26.6. The number of carbonyl (C=O) groups is 1. The van der Waals surface area contributed by atoms with Gasteiger partial charge in [-0.15, -0.1) is 0 Å². The van der Waals surface area contributed by atoms with Crippen molar-refractivity contribution in [3.05, 3.63) is 87.4 Å². The molecule has 43 heavy (non-hydrogen) atoms. The SMILES string of the molecule is CC.CC.COCc1ccc(C(O)(CN)CNC(=O)c2ccc(OCCCO)c(OC)c2)nc1Cc1ccc(F)c(Cl)c1. The normalized spacial score (nSPS) is 11.7. The van der Waals surface area contributed by atoms with Gasteiger partial charge < -0.3 is 35.5 Å². The Morgan fingerprint density at radius 3 is 2.40 bits per heavy atom. The van der Waals surface area contributed by atoms with E-state index in [0.29, 0.717) is 36.6 Å². The number of ether oxygens (including phenoxy) is 3. The molecule has 1 heterocycles. The Bertz CT molecular complexity index is 1280. The summed E-state index contributed by atoms with van der Waals surface area (Å²) < 4.78 is 29.8. The number of aromatic nitrogens is 1. The number of carbonyl (C=O) groups excluding carboxylic acids is 1. The van der Waals surface area contributed by atoms with E-state index in [2.05, 4.69) is 10.3 Å². The van der Waals surface area contributed by atoms with Crippen molar-refractivity contribution < 1.29 is 33.6 Å². The predicted molar refractivity (Wildman–Crippen MR) is 167 cm³/mol. The standard InChI is InChI=1S/C28H33ClFN3O6.2C2H6/c1-37-15-20-6-9-26(33-23(20)13-18-4-7-22(30)21(29)12-18)28(36,16-31)17-32-27(35)19-5-8-24(25(14-19)38-2)39-11-3-10-34;2*1-2/h4-9,12,14,34,36H,3,10-11,13,15-17,31H2,1-2H3,(H,32,35);2*1-2H3. The summed E-state index contributed by atoms with van der Waals surface area (Å²) in [4.78, 5) is 17.6. The number of aliphatic hydroxyl groups is 2. The first-order valence-corrected chi connectivity index (χ1v) is 14.7. The first-order valence-electron chi connectivity index (χ1n) is 14.3. The van der Waals surface area contributed by atoms with E-state index in [1.807, 2.05) is 27.7 Å². The molecule has 0 aliphatic carbocycles. The van der Waals surface area contributed by atoms with E-state index in [9.17, 15) is 14.3 Å². The Morgan fingerprint density at radius 1 is 1.07 bits per heavy atom. The van der Waals surface area contributed by atoms with Gasteiger partial charge in [-0.2, -0.15) is 0 Å². The number of nitrogens with zero attached hydrogens (tertiary/aromatic N) is 1. The summed E-state index contributed by atoms with van der Waals surface area (Å²) in [6, 6.07) is 12.5. The van der Waals surface area contributed by atoms with Gasteiger partial charge in [-0.1, -0.05) is 51.4 Å². The summed E-state index contributed by atoms with van der Waals surface area (Å²) in [7, 11) is 3.01. The molecule has 0 saturated heterocycles. The minimum atomic E-state index is -1.67. The number of aliphatic hydroxyl groups excluding tert-OH is 1. The van der Waals surface area contributed by atoms with Crippen molar-refractivity contribution in [3.63, 3.8) is 0 Å². The van der Waals surface area contributed by atoms with Gasteiger partial charge in [0, 0.05) is 38.7 Å². The Balaban J connectivity index is 0.00000221. The molecule has 0 fully saturated rings. The number of rotatable bonds is 14. The number of halogens is 2. The third kappa shape index (κ3) is 11.1. The highest BCUT2D eigenvalue weighted by molar-refractivity contribution is 6.30. The van der Waals surface area contributed by atoms with Gasteiger partial charge in [-0.05, 0) is 47.5 Å². The van der Waals surface area contributed by atoms with Crippen LogP contribution in [0.2, 0.25) is 5.02 Å². The monoisotopic (exact) mass is 621 g/mol.